The van der Waals surface area contributed by atoms with Crippen molar-refractivity contribution in [1.82, 2.24) is 5.32 Å². The molecule has 0 saturated carbocycles. The van der Waals surface area contributed by atoms with E-state index in [4.69, 9.17) is 0 Å². The van der Waals surface area contributed by atoms with Crippen molar-refractivity contribution in [2.24, 2.45) is 0 Å². The van der Waals surface area contributed by atoms with Crippen LogP contribution in [0.5, 0.6) is 0 Å². The average Bonchev–Trinajstić information content (AvgIpc) is 2.44. The first-order valence-corrected chi connectivity index (χ1v) is 6.85. The van der Waals surface area contributed by atoms with Crippen LogP contribution in [0.2, 0.25) is 0 Å². The monoisotopic (exact) mass is 273 g/mol. The number of benzene rings is 2. The maximum absolute atomic E-state index is 12.8. The third-order valence-electron chi connectivity index (χ3n) is 3.27. The van der Waals surface area contributed by atoms with Crippen molar-refractivity contribution in [2.75, 3.05) is 13.1 Å². The van der Waals surface area contributed by atoms with Gasteiger partial charge in [-0.05, 0) is 43.1 Å². The number of hydrogen-bond acceptors (Lipinski definition) is 2. The van der Waals surface area contributed by atoms with E-state index in [1.807, 2.05) is 0 Å². The molecule has 3 heteroatoms. The second kappa shape index (κ2) is 7.17. The molecule has 0 spiro atoms. The van der Waals surface area contributed by atoms with Gasteiger partial charge in [0.1, 0.15) is 5.82 Å². The summed E-state index contributed by atoms with van der Waals surface area (Å²) < 4.78 is 12.8. The first-order chi connectivity index (χ1) is 9.65. The molecular weight excluding hydrogens is 253 g/mol. The Bertz CT molecular complexity index is 539. The molecule has 0 aromatic heterocycles. The largest absolute Gasteiger partial charge is 0.387 e. The highest BCUT2D eigenvalue weighted by atomic mass is 19.1. The first-order valence-electron chi connectivity index (χ1n) is 6.85. The van der Waals surface area contributed by atoms with E-state index in [-0.39, 0.29) is 5.82 Å². The zero-order valence-electron chi connectivity index (χ0n) is 11.6. The summed E-state index contributed by atoms with van der Waals surface area (Å²) in [4.78, 5) is 0. The third kappa shape index (κ3) is 4.44. The van der Waals surface area contributed by atoms with E-state index in [0.717, 1.165) is 18.5 Å². The minimum absolute atomic E-state index is 0.284. The second-order valence-electron chi connectivity index (χ2n) is 5.01. The van der Waals surface area contributed by atoms with Gasteiger partial charge in [0, 0.05) is 6.54 Å². The summed E-state index contributed by atoms with van der Waals surface area (Å²) in [7, 11) is 0. The highest BCUT2D eigenvalue weighted by molar-refractivity contribution is 5.22. The molecule has 0 radical (unpaired) electrons. The number of rotatable bonds is 6. The van der Waals surface area contributed by atoms with Gasteiger partial charge in [0.05, 0.1) is 6.10 Å². The molecule has 0 bridgehead atoms. The van der Waals surface area contributed by atoms with Crippen molar-refractivity contribution in [3.05, 3.63) is 71.0 Å². The predicted octanol–water partition coefficient (Wildman–Crippen LogP) is 3.00. The van der Waals surface area contributed by atoms with Crippen molar-refractivity contribution in [3.63, 3.8) is 0 Å². The summed E-state index contributed by atoms with van der Waals surface area (Å²) in [6.45, 7) is 3.36. The van der Waals surface area contributed by atoms with E-state index in [1.54, 1.807) is 12.1 Å². The Morgan fingerprint density at radius 3 is 2.60 bits per heavy atom. The number of hydrogen-bond donors (Lipinski definition) is 2. The Hall–Kier alpha value is -1.71. The molecule has 2 aromatic carbocycles. The molecule has 0 saturated heterocycles. The molecule has 1 unspecified atom stereocenters. The lowest BCUT2D eigenvalue weighted by atomic mass is 10.1. The van der Waals surface area contributed by atoms with Crippen LogP contribution in [-0.4, -0.2) is 18.2 Å². The van der Waals surface area contributed by atoms with Crippen LogP contribution in [0, 0.1) is 12.7 Å². The number of nitrogens with one attached hydrogen (secondary N) is 1. The summed E-state index contributed by atoms with van der Waals surface area (Å²) in [5.74, 6) is -0.284. The van der Waals surface area contributed by atoms with Gasteiger partial charge >= 0.3 is 0 Å². The van der Waals surface area contributed by atoms with E-state index in [0.29, 0.717) is 6.54 Å². The van der Waals surface area contributed by atoms with Gasteiger partial charge in [0.15, 0.2) is 0 Å². The molecule has 2 nitrogen and oxygen atoms in total. The lowest BCUT2D eigenvalue weighted by Gasteiger charge is -2.12. The Kier molecular flexibility index (Phi) is 5.27. The summed E-state index contributed by atoms with van der Waals surface area (Å²) in [6.07, 6.45) is 0.325. The molecule has 2 aromatic rings. The minimum Gasteiger partial charge on any atom is -0.387 e. The summed E-state index contributed by atoms with van der Waals surface area (Å²) in [6, 6.07) is 14.4. The second-order valence-corrected chi connectivity index (χ2v) is 5.01. The van der Waals surface area contributed by atoms with Gasteiger partial charge in [-0.3, -0.25) is 0 Å². The molecule has 0 fully saturated rings. The molecule has 0 aliphatic rings. The first kappa shape index (κ1) is 14.7. The molecule has 1 atom stereocenters. The summed E-state index contributed by atoms with van der Waals surface area (Å²) in [5.41, 5.74) is 3.28. The lowest BCUT2D eigenvalue weighted by Crippen LogP contribution is -2.23. The van der Waals surface area contributed by atoms with Crippen molar-refractivity contribution >= 4 is 0 Å². The van der Waals surface area contributed by atoms with Crippen LogP contribution < -0.4 is 5.32 Å². The maximum atomic E-state index is 12.8. The van der Waals surface area contributed by atoms with E-state index in [1.165, 1.54) is 23.3 Å². The fraction of sp³-hybridized carbons (Fsp3) is 0.294. The van der Waals surface area contributed by atoms with Crippen LogP contribution in [0.25, 0.3) is 0 Å². The van der Waals surface area contributed by atoms with Gasteiger partial charge in [0.2, 0.25) is 0 Å². The fourth-order valence-corrected chi connectivity index (χ4v) is 2.14. The standard InChI is InChI=1S/C17H20FNO/c1-13-3-2-4-14(11-13)9-10-19-12-17(20)15-5-7-16(18)8-6-15/h2-8,11,17,19-20H,9-10,12H2,1H3. The Balaban J connectivity index is 1.74. The van der Waals surface area contributed by atoms with E-state index < -0.39 is 6.10 Å². The maximum Gasteiger partial charge on any atom is 0.123 e. The minimum atomic E-state index is -0.604. The van der Waals surface area contributed by atoms with Crippen LogP contribution in [0.4, 0.5) is 4.39 Å². The van der Waals surface area contributed by atoms with Crippen LogP contribution in [0.15, 0.2) is 48.5 Å². The Morgan fingerprint density at radius 2 is 1.90 bits per heavy atom. The zero-order valence-corrected chi connectivity index (χ0v) is 11.6. The third-order valence-corrected chi connectivity index (χ3v) is 3.27. The molecule has 0 heterocycles. The van der Waals surface area contributed by atoms with Gasteiger partial charge in [-0.15, -0.1) is 0 Å². The molecule has 0 aliphatic carbocycles. The highest BCUT2D eigenvalue weighted by Crippen LogP contribution is 2.12. The summed E-state index contributed by atoms with van der Waals surface area (Å²) >= 11 is 0. The smallest absolute Gasteiger partial charge is 0.123 e. The molecule has 2 rings (SSSR count). The van der Waals surface area contributed by atoms with Crippen LogP contribution in [0.1, 0.15) is 22.8 Å². The number of aryl methyl sites for hydroxylation is 1. The SMILES string of the molecule is Cc1cccc(CCNCC(O)c2ccc(F)cc2)c1. The Labute approximate surface area is 119 Å². The quantitative estimate of drug-likeness (QED) is 0.793. The lowest BCUT2D eigenvalue weighted by molar-refractivity contribution is 0.175. The average molecular weight is 273 g/mol. The van der Waals surface area contributed by atoms with Gasteiger partial charge in [-0.25, -0.2) is 4.39 Å². The van der Waals surface area contributed by atoms with Crippen LogP contribution in [0.3, 0.4) is 0 Å². The van der Waals surface area contributed by atoms with Crippen LogP contribution in [-0.2, 0) is 6.42 Å². The van der Waals surface area contributed by atoms with Gasteiger partial charge in [-0.1, -0.05) is 42.0 Å². The van der Waals surface area contributed by atoms with E-state index >= 15 is 0 Å². The number of aliphatic hydroxyl groups excluding tert-OH is 1. The zero-order chi connectivity index (χ0) is 14.4. The topological polar surface area (TPSA) is 32.3 Å². The summed E-state index contributed by atoms with van der Waals surface area (Å²) in [5, 5.41) is 13.2. The highest BCUT2D eigenvalue weighted by Gasteiger charge is 2.06. The predicted molar refractivity (Wildman–Crippen MR) is 79.1 cm³/mol. The fourth-order valence-electron chi connectivity index (χ4n) is 2.14. The Morgan fingerprint density at radius 1 is 1.15 bits per heavy atom. The molecule has 0 amide bonds. The van der Waals surface area contributed by atoms with E-state index in [2.05, 4.69) is 36.5 Å². The molecular formula is C17H20FNO. The van der Waals surface area contributed by atoms with E-state index in [9.17, 15) is 9.50 Å². The molecule has 0 aliphatic heterocycles. The number of halogens is 1. The van der Waals surface area contributed by atoms with Gasteiger partial charge < -0.3 is 10.4 Å². The van der Waals surface area contributed by atoms with Crippen molar-refractivity contribution in [3.8, 4) is 0 Å². The molecule has 2 N–H and O–H groups in total. The molecule has 106 valence electrons. The number of aliphatic hydroxyl groups is 1. The molecule has 20 heavy (non-hydrogen) atoms. The van der Waals surface area contributed by atoms with Gasteiger partial charge in [0.25, 0.3) is 0 Å². The van der Waals surface area contributed by atoms with Crippen molar-refractivity contribution < 1.29 is 9.50 Å². The van der Waals surface area contributed by atoms with Gasteiger partial charge in [-0.2, -0.15) is 0 Å². The van der Waals surface area contributed by atoms with Crippen molar-refractivity contribution in [2.45, 2.75) is 19.4 Å². The van der Waals surface area contributed by atoms with Crippen molar-refractivity contribution in [1.29, 1.82) is 0 Å². The van der Waals surface area contributed by atoms with Crippen LogP contribution >= 0.6 is 0 Å². The normalized spacial score (nSPS) is 12.3.